The van der Waals surface area contributed by atoms with E-state index in [2.05, 4.69) is 0 Å². The zero-order chi connectivity index (χ0) is 15.6. The van der Waals surface area contributed by atoms with Crippen LogP contribution in [0.25, 0.3) is 0 Å². The Morgan fingerprint density at radius 1 is 0.667 bits per heavy atom. The van der Waals surface area contributed by atoms with Gasteiger partial charge < -0.3 is 0 Å². The Labute approximate surface area is 119 Å². The highest BCUT2D eigenvalue weighted by Gasteiger charge is 2.16. The lowest BCUT2D eigenvalue weighted by molar-refractivity contribution is 0.507. The predicted molar refractivity (Wildman–Crippen MR) is 69.0 cm³/mol. The Kier molecular flexibility index (Phi) is 4.32. The van der Waals surface area contributed by atoms with Gasteiger partial charge in [0.2, 0.25) is 0 Å². The molecule has 21 heavy (non-hydrogen) atoms. The Morgan fingerprint density at radius 3 is 1.38 bits per heavy atom. The number of benzene rings is 2. The number of rotatable bonds is 4. The van der Waals surface area contributed by atoms with Crippen LogP contribution in [0, 0.1) is 23.3 Å². The Morgan fingerprint density at radius 2 is 1.05 bits per heavy atom. The van der Waals surface area contributed by atoms with Crippen molar-refractivity contribution in [2.24, 2.45) is 0 Å². The normalized spacial score (nSPS) is 11.6. The van der Waals surface area contributed by atoms with Gasteiger partial charge in [0, 0.05) is 0 Å². The van der Waals surface area contributed by atoms with Crippen molar-refractivity contribution in [1.82, 2.24) is 0 Å². The standard InChI is InChI=1S/C14H10F4O2S/c15-11-3-1-9(5-13(11)17)7-21(19,20)8-10-2-4-12(16)14(18)6-10/h1-6H,7-8H2. The van der Waals surface area contributed by atoms with Crippen LogP contribution in [0.3, 0.4) is 0 Å². The molecule has 0 radical (unpaired) electrons. The van der Waals surface area contributed by atoms with E-state index in [1.807, 2.05) is 0 Å². The van der Waals surface area contributed by atoms with Crippen LogP contribution in [0.15, 0.2) is 36.4 Å². The molecular weight excluding hydrogens is 308 g/mol. The van der Waals surface area contributed by atoms with E-state index < -0.39 is 44.6 Å². The minimum absolute atomic E-state index is 0.0801. The average Bonchev–Trinajstić information content (AvgIpc) is 2.37. The number of halogens is 4. The highest BCUT2D eigenvalue weighted by Crippen LogP contribution is 2.16. The largest absolute Gasteiger partial charge is 0.228 e. The smallest absolute Gasteiger partial charge is 0.159 e. The zero-order valence-corrected chi connectivity index (χ0v) is 11.4. The molecule has 0 N–H and O–H groups in total. The molecule has 0 aliphatic heterocycles. The molecule has 0 saturated heterocycles. The van der Waals surface area contributed by atoms with Crippen molar-refractivity contribution in [1.29, 1.82) is 0 Å². The highest BCUT2D eigenvalue weighted by molar-refractivity contribution is 7.89. The molecule has 0 bridgehead atoms. The Hall–Kier alpha value is -1.89. The summed E-state index contributed by atoms with van der Waals surface area (Å²) in [6, 6.07) is 5.55. The maximum absolute atomic E-state index is 13.0. The summed E-state index contributed by atoms with van der Waals surface area (Å²) in [5.41, 5.74) is 0.160. The van der Waals surface area contributed by atoms with Gasteiger partial charge >= 0.3 is 0 Å². The minimum Gasteiger partial charge on any atom is -0.228 e. The van der Waals surface area contributed by atoms with Crippen LogP contribution in [0.5, 0.6) is 0 Å². The van der Waals surface area contributed by atoms with E-state index in [1.165, 1.54) is 0 Å². The zero-order valence-electron chi connectivity index (χ0n) is 10.6. The van der Waals surface area contributed by atoms with E-state index >= 15 is 0 Å². The Balaban J connectivity index is 2.18. The molecule has 0 atom stereocenters. The molecule has 0 fully saturated rings. The molecule has 0 aromatic heterocycles. The summed E-state index contributed by atoms with van der Waals surface area (Å²) in [4.78, 5) is 0. The van der Waals surface area contributed by atoms with Crippen LogP contribution >= 0.6 is 0 Å². The van der Waals surface area contributed by atoms with E-state index in [0.717, 1.165) is 36.4 Å². The average molecular weight is 318 g/mol. The molecule has 0 aliphatic carbocycles. The molecule has 0 aliphatic rings. The van der Waals surface area contributed by atoms with Gasteiger partial charge in [0.05, 0.1) is 11.5 Å². The molecule has 2 aromatic carbocycles. The second kappa shape index (κ2) is 5.85. The van der Waals surface area contributed by atoms with Gasteiger partial charge in [-0.2, -0.15) is 0 Å². The van der Waals surface area contributed by atoms with Crippen molar-refractivity contribution < 1.29 is 26.0 Å². The fraction of sp³-hybridized carbons (Fsp3) is 0.143. The SMILES string of the molecule is O=S(=O)(Cc1ccc(F)c(F)c1)Cc1ccc(F)c(F)c1. The fourth-order valence-corrected chi connectivity index (χ4v) is 3.29. The molecule has 0 unspecified atom stereocenters. The number of sulfone groups is 1. The molecule has 2 rings (SSSR count). The van der Waals surface area contributed by atoms with Crippen molar-refractivity contribution in [3.05, 3.63) is 70.8 Å². The molecule has 0 spiro atoms. The van der Waals surface area contributed by atoms with E-state index in [9.17, 15) is 26.0 Å². The van der Waals surface area contributed by atoms with Crippen molar-refractivity contribution in [2.45, 2.75) is 11.5 Å². The van der Waals surface area contributed by atoms with Gasteiger partial charge in [-0.15, -0.1) is 0 Å². The molecular formula is C14H10F4O2S. The van der Waals surface area contributed by atoms with Crippen molar-refractivity contribution in [3.63, 3.8) is 0 Å². The Bertz CT molecular complexity index is 713. The first-order valence-corrected chi connectivity index (χ1v) is 7.67. The monoisotopic (exact) mass is 318 g/mol. The third kappa shape index (κ3) is 4.04. The number of hydrogen-bond acceptors (Lipinski definition) is 2. The second-order valence-corrected chi connectivity index (χ2v) is 6.59. The summed E-state index contributed by atoms with van der Waals surface area (Å²) in [5, 5.41) is 0. The summed E-state index contributed by atoms with van der Waals surface area (Å²) >= 11 is 0. The van der Waals surface area contributed by atoms with Gasteiger partial charge in [-0.05, 0) is 35.4 Å². The van der Waals surface area contributed by atoms with Crippen LogP contribution in [0.2, 0.25) is 0 Å². The minimum atomic E-state index is -3.73. The van der Waals surface area contributed by atoms with E-state index in [0.29, 0.717) is 0 Å². The van der Waals surface area contributed by atoms with Gasteiger partial charge in [0.15, 0.2) is 33.1 Å². The summed E-state index contributed by atoms with van der Waals surface area (Å²) in [6.07, 6.45) is 0. The molecule has 0 saturated carbocycles. The van der Waals surface area contributed by atoms with E-state index in [1.54, 1.807) is 0 Å². The molecule has 0 heterocycles. The third-order valence-electron chi connectivity index (χ3n) is 2.74. The van der Waals surface area contributed by atoms with Crippen LogP contribution in [-0.2, 0) is 21.3 Å². The lowest BCUT2D eigenvalue weighted by Gasteiger charge is -2.06. The van der Waals surface area contributed by atoms with Crippen LogP contribution in [0.4, 0.5) is 17.6 Å². The molecule has 7 heteroatoms. The van der Waals surface area contributed by atoms with E-state index in [-0.39, 0.29) is 11.1 Å². The van der Waals surface area contributed by atoms with Crippen LogP contribution in [-0.4, -0.2) is 8.42 Å². The van der Waals surface area contributed by atoms with Gasteiger partial charge in [0.25, 0.3) is 0 Å². The van der Waals surface area contributed by atoms with Crippen LogP contribution in [0.1, 0.15) is 11.1 Å². The van der Waals surface area contributed by atoms with Gasteiger partial charge in [-0.3, -0.25) is 0 Å². The quantitative estimate of drug-likeness (QED) is 0.810. The summed E-state index contributed by atoms with van der Waals surface area (Å²) in [6.45, 7) is 0. The van der Waals surface area contributed by atoms with Gasteiger partial charge in [0.1, 0.15) is 0 Å². The first kappa shape index (κ1) is 15.5. The van der Waals surface area contributed by atoms with E-state index in [4.69, 9.17) is 0 Å². The molecule has 2 aromatic rings. The first-order valence-electron chi connectivity index (χ1n) is 5.85. The highest BCUT2D eigenvalue weighted by atomic mass is 32.2. The van der Waals surface area contributed by atoms with Crippen molar-refractivity contribution >= 4 is 9.84 Å². The topological polar surface area (TPSA) is 34.1 Å². The third-order valence-corrected chi connectivity index (χ3v) is 4.29. The molecule has 2 nitrogen and oxygen atoms in total. The maximum Gasteiger partial charge on any atom is 0.159 e. The first-order chi connectivity index (χ1) is 9.77. The van der Waals surface area contributed by atoms with Crippen LogP contribution < -0.4 is 0 Å². The summed E-state index contributed by atoms with van der Waals surface area (Å²) < 4.78 is 75.4. The fourth-order valence-electron chi connectivity index (χ4n) is 1.82. The molecule has 112 valence electrons. The lowest BCUT2D eigenvalue weighted by Crippen LogP contribution is -2.08. The summed E-state index contributed by atoms with van der Waals surface area (Å²) in [5.74, 6) is -5.48. The maximum atomic E-state index is 13.0. The van der Waals surface area contributed by atoms with Gasteiger partial charge in [-0.1, -0.05) is 12.1 Å². The second-order valence-electron chi connectivity index (χ2n) is 4.53. The number of hydrogen-bond donors (Lipinski definition) is 0. The van der Waals surface area contributed by atoms with Gasteiger partial charge in [-0.25, -0.2) is 26.0 Å². The predicted octanol–water partition coefficient (Wildman–Crippen LogP) is 3.36. The summed E-state index contributed by atoms with van der Waals surface area (Å²) in [7, 11) is -3.73. The van der Waals surface area contributed by atoms with Crippen molar-refractivity contribution in [2.75, 3.05) is 0 Å². The lowest BCUT2D eigenvalue weighted by atomic mass is 10.2. The van der Waals surface area contributed by atoms with Crippen molar-refractivity contribution in [3.8, 4) is 0 Å². The molecule has 0 amide bonds.